The molecule has 1 aromatic carbocycles. The quantitative estimate of drug-likeness (QED) is 0.838. The topological polar surface area (TPSA) is 15.3 Å². The van der Waals surface area contributed by atoms with Gasteiger partial charge in [-0.15, -0.1) is 0 Å². The van der Waals surface area contributed by atoms with Crippen LogP contribution in [0.1, 0.15) is 46.6 Å². The second-order valence-electron chi connectivity index (χ2n) is 7.57. The third kappa shape index (κ3) is 4.72. The maximum Gasteiger partial charge on any atom is 0.0412 e. The highest BCUT2D eigenvalue weighted by atomic mass is 79.9. The smallest absolute Gasteiger partial charge is 0.0412 e. The molecule has 1 saturated heterocycles. The summed E-state index contributed by atoms with van der Waals surface area (Å²) in [5, 5.41) is 3.62. The Morgan fingerprint density at radius 2 is 1.95 bits per heavy atom. The van der Waals surface area contributed by atoms with E-state index in [0.717, 1.165) is 22.9 Å². The van der Waals surface area contributed by atoms with Crippen LogP contribution in [0.25, 0.3) is 0 Å². The molecule has 2 rings (SSSR count). The molecule has 1 fully saturated rings. The van der Waals surface area contributed by atoms with Crippen molar-refractivity contribution in [2.24, 2.45) is 11.8 Å². The van der Waals surface area contributed by atoms with Crippen LogP contribution in [0.15, 0.2) is 22.7 Å². The fraction of sp³-hybridized carbons (Fsp3) is 0.667. The minimum Gasteiger partial charge on any atom is -0.371 e. The molecule has 2 atom stereocenters. The van der Waals surface area contributed by atoms with Crippen LogP contribution in [0, 0.1) is 11.8 Å². The summed E-state index contributed by atoms with van der Waals surface area (Å²) in [6.45, 7) is 14.7. The van der Waals surface area contributed by atoms with Gasteiger partial charge in [0.05, 0.1) is 0 Å². The molecule has 1 N–H and O–H groups in total. The summed E-state index contributed by atoms with van der Waals surface area (Å²) < 4.78 is 1.16. The van der Waals surface area contributed by atoms with Crippen molar-refractivity contribution in [3.63, 3.8) is 0 Å². The number of benzene rings is 1. The molecule has 2 nitrogen and oxygen atoms in total. The summed E-state index contributed by atoms with van der Waals surface area (Å²) in [6.07, 6.45) is 1.30. The van der Waals surface area contributed by atoms with Crippen molar-refractivity contribution in [1.29, 1.82) is 0 Å². The first-order chi connectivity index (χ1) is 9.76. The Balaban J connectivity index is 2.18. The highest BCUT2D eigenvalue weighted by molar-refractivity contribution is 9.10. The molecule has 3 heteroatoms. The molecule has 0 aromatic heterocycles. The maximum atomic E-state index is 3.62. The zero-order valence-electron chi connectivity index (χ0n) is 14.0. The Hall–Kier alpha value is -0.540. The van der Waals surface area contributed by atoms with Crippen LogP contribution >= 0.6 is 15.9 Å². The lowest BCUT2D eigenvalue weighted by atomic mass is 9.88. The minimum absolute atomic E-state index is 0.142. The highest BCUT2D eigenvalue weighted by Crippen LogP contribution is 2.31. The molecule has 0 radical (unpaired) electrons. The van der Waals surface area contributed by atoms with Gasteiger partial charge in [0.15, 0.2) is 0 Å². The maximum absolute atomic E-state index is 3.62. The van der Waals surface area contributed by atoms with E-state index >= 15 is 0 Å². The van der Waals surface area contributed by atoms with Gasteiger partial charge in [-0.3, -0.25) is 0 Å². The lowest BCUT2D eigenvalue weighted by molar-refractivity contribution is 0.323. The third-order valence-electron chi connectivity index (χ3n) is 4.53. The van der Waals surface area contributed by atoms with E-state index in [1.54, 1.807) is 0 Å². The first kappa shape index (κ1) is 16.8. The number of hydrogen-bond acceptors (Lipinski definition) is 2. The summed E-state index contributed by atoms with van der Waals surface area (Å²) >= 11 is 3.62. The third-order valence-corrected chi connectivity index (χ3v) is 5.02. The second-order valence-corrected chi connectivity index (χ2v) is 8.48. The van der Waals surface area contributed by atoms with Gasteiger partial charge in [-0.25, -0.2) is 0 Å². The summed E-state index contributed by atoms with van der Waals surface area (Å²) in [5.41, 5.74) is 2.93. The van der Waals surface area contributed by atoms with E-state index in [9.17, 15) is 0 Å². The van der Waals surface area contributed by atoms with E-state index in [4.69, 9.17) is 0 Å². The molecule has 0 bridgehead atoms. The van der Waals surface area contributed by atoms with Crippen LogP contribution in [0.5, 0.6) is 0 Å². The average molecular weight is 353 g/mol. The fourth-order valence-electron chi connectivity index (χ4n) is 2.85. The highest BCUT2D eigenvalue weighted by Gasteiger charge is 2.24. The van der Waals surface area contributed by atoms with Gasteiger partial charge < -0.3 is 10.2 Å². The number of halogens is 1. The van der Waals surface area contributed by atoms with Gasteiger partial charge in [0.25, 0.3) is 0 Å². The summed E-state index contributed by atoms with van der Waals surface area (Å²) in [6, 6.07) is 6.70. The van der Waals surface area contributed by atoms with Gasteiger partial charge in [-0.1, -0.05) is 29.8 Å². The van der Waals surface area contributed by atoms with Crippen LogP contribution in [-0.4, -0.2) is 18.6 Å². The summed E-state index contributed by atoms with van der Waals surface area (Å²) in [5.74, 6) is 1.61. The fourth-order valence-corrected chi connectivity index (χ4v) is 3.25. The van der Waals surface area contributed by atoms with Gasteiger partial charge in [-0.05, 0) is 62.8 Å². The van der Waals surface area contributed by atoms with Gasteiger partial charge in [-0.2, -0.15) is 0 Å². The number of anilines is 1. The Bertz CT molecular complexity index is 479. The standard InChI is InChI=1S/C18H29BrN2/c1-13-8-9-21(12-14(13)2)17-7-6-16(19)10-15(17)11-20-18(3,4)5/h6-7,10,13-14,20H,8-9,11-12H2,1-5H3. The summed E-state index contributed by atoms with van der Waals surface area (Å²) in [7, 11) is 0. The molecule has 2 unspecified atom stereocenters. The Morgan fingerprint density at radius 1 is 1.24 bits per heavy atom. The normalized spacial score (nSPS) is 23.4. The van der Waals surface area contributed by atoms with Crippen molar-refractivity contribution in [1.82, 2.24) is 5.32 Å². The van der Waals surface area contributed by atoms with Gasteiger partial charge in [0.2, 0.25) is 0 Å². The Kier molecular flexibility index (Phi) is 5.37. The number of nitrogens with one attached hydrogen (secondary N) is 1. The van der Waals surface area contributed by atoms with Crippen LogP contribution in [0.4, 0.5) is 5.69 Å². The zero-order chi connectivity index (χ0) is 15.6. The van der Waals surface area contributed by atoms with Gasteiger partial charge >= 0.3 is 0 Å². The van der Waals surface area contributed by atoms with E-state index in [1.165, 1.54) is 30.8 Å². The molecule has 1 heterocycles. The lowest BCUT2D eigenvalue weighted by Gasteiger charge is -2.38. The number of rotatable bonds is 3. The molecule has 21 heavy (non-hydrogen) atoms. The van der Waals surface area contributed by atoms with Crippen LogP contribution in [0.3, 0.4) is 0 Å². The molecule has 118 valence electrons. The van der Waals surface area contributed by atoms with Crippen molar-refractivity contribution < 1.29 is 0 Å². The molecule has 1 aliphatic heterocycles. The largest absolute Gasteiger partial charge is 0.371 e. The van der Waals surface area contributed by atoms with Crippen LogP contribution in [0.2, 0.25) is 0 Å². The Morgan fingerprint density at radius 3 is 2.57 bits per heavy atom. The van der Waals surface area contributed by atoms with E-state index in [1.807, 2.05) is 0 Å². The van der Waals surface area contributed by atoms with Crippen LogP contribution < -0.4 is 10.2 Å². The first-order valence-electron chi connectivity index (χ1n) is 8.04. The van der Waals surface area contributed by atoms with Crippen LogP contribution in [-0.2, 0) is 6.54 Å². The van der Waals surface area contributed by atoms with E-state index < -0.39 is 0 Å². The molecule has 0 aliphatic carbocycles. The second kappa shape index (κ2) is 6.70. The molecular weight excluding hydrogens is 324 g/mol. The monoisotopic (exact) mass is 352 g/mol. The molecule has 1 aliphatic rings. The minimum atomic E-state index is 0.142. The molecule has 0 saturated carbocycles. The number of nitrogens with zero attached hydrogens (tertiary/aromatic N) is 1. The van der Waals surface area contributed by atoms with Crippen molar-refractivity contribution in [2.45, 2.75) is 53.1 Å². The predicted molar refractivity (Wildman–Crippen MR) is 95.9 cm³/mol. The van der Waals surface area contributed by atoms with E-state index in [2.05, 4.69) is 79.0 Å². The SMILES string of the molecule is CC1CCN(c2ccc(Br)cc2CNC(C)(C)C)CC1C. The Labute approximate surface area is 138 Å². The lowest BCUT2D eigenvalue weighted by Crippen LogP contribution is -2.40. The predicted octanol–water partition coefficient (Wildman–Crippen LogP) is 4.82. The molecule has 0 spiro atoms. The van der Waals surface area contributed by atoms with Gasteiger partial charge in [0.1, 0.15) is 0 Å². The molecule has 0 amide bonds. The number of hydrogen-bond donors (Lipinski definition) is 1. The summed E-state index contributed by atoms with van der Waals surface area (Å²) in [4.78, 5) is 2.57. The number of piperidine rings is 1. The zero-order valence-corrected chi connectivity index (χ0v) is 15.6. The van der Waals surface area contributed by atoms with Crippen molar-refractivity contribution >= 4 is 21.6 Å². The van der Waals surface area contributed by atoms with Gasteiger partial charge in [0, 0.05) is 35.3 Å². The van der Waals surface area contributed by atoms with E-state index in [-0.39, 0.29) is 5.54 Å². The van der Waals surface area contributed by atoms with Crippen molar-refractivity contribution in [2.75, 3.05) is 18.0 Å². The average Bonchev–Trinajstić information content (AvgIpc) is 2.39. The van der Waals surface area contributed by atoms with E-state index in [0.29, 0.717) is 0 Å². The first-order valence-corrected chi connectivity index (χ1v) is 8.84. The van der Waals surface area contributed by atoms with Crippen molar-refractivity contribution in [3.05, 3.63) is 28.2 Å². The van der Waals surface area contributed by atoms with Crippen molar-refractivity contribution in [3.8, 4) is 0 Å². The molecular formula is C18H29BrN2. The molecule has 1 aromatic rings.